The molecule has 1 saturated carbocycles. The maximum atomic E-state index is 13.7. The van der Waals surface area contributed by atoms with Crippen molar-refractivity contribution >= 4 is 12.9 Å². The lowest BCUT2D eigenvalue weighted by Crippen LogP contribution is -2.22. The number of ether oxygens (including phenoxy) is 1. The molecule has 0 amide bonds. The van der Waals surface area contributed by atoms with Gasteiger partial charge in [-0.1, -0.05) is 37.0 Å². The van der Waals surface area contributed by atoms with Crippen molar-refractivity contribution in [3.63, 3.8) is 0 Å². The minimum absolute atomic E-state index is 0.157. The van der Waals surface area contributed by atoms with Crippen molar-refractivity contribution in [3.8, 4) is 0 Å². The molecule has 0 aromatic heterocycles. The first-order valence-electron chi connectivity index (χ1n) is 8.76. The Morgan fingerprint density at radius 1 is 1.08 bits per heavy atom. The molecule has 1 aliphatic rings. The first kappa shape index (κ1) is 19.4. The van der Waals surface area contributed by atoms with Crippen LogP contribution in [0.1, 0.15) is 59.2 Å². The molecule has 0 N–H and O–H groups in total. The Morgan fingerprint density at radius 3 is 2.21 bits per heavy atom. The van der Waals surface area contributed by atoms with Gasteiger partial charge in [0.1, 0.15) is 0 Å². The Labute approximate surface area is 145 Å². The van der Waals surface area contributed by atoms with E-state index in [2.05, 4.69) is 0 Å². The molecule has 1 atom stereocenters. The van der Waals surface area contributed by atoms with Gasteiger partial charge in [0.25, 0.3) is 7.37 Å². The fourth-order valence-electron chi connectivity index (χ4n) is 3.68. The summed E-state index contributed by atoms with van der Waals surface area (Å²) in [6.45, 7) is 6.36. The van der Waals surface area contributed by atoms with E-state index in [1.54, 1.807) is 7.11 Å². The van der Waals surface area contributed by atoms with E-state index in [0.717, 1.165) is 48.8 Å². The standard InChI is InChI=1S/C19H29O4P/c1-14-12-15(2)18(16(3)13-14)19(20)24(21,23-11-10-22-4)17-8-6-5-7-9-17/h12-13,17H,5-11H2,1-4H3. The molecule has 0 heterocycles. The van der Waals surface area contributed by atoms with Gasteiger partial charge in [-0.3, -0.25) is 9.36 Å². The zero-order chi connectivity index (χ0) is 17.7. The van der Waals surface area contributed by atoms with Crippen LogP contribution in [0.15, 0.2) is 12.1 Å². The van der Waals surface area contributed by atoms with Gasteiger partial charge in [-0.15, -0.1) is 0 Å². The predicted molar refractivity (Wildman–Crippen MR) is 97.3 cm³/mol. The van der Waals surface area contributed by atoms with Crippen LogP contribution in [-0.4, -0.2) is 31.5 Å². The summed E-state index contributed by atoms with van der Waals surface area (Å²) in [6, 6.07) is 3.95. The number of carbonyl (C=O) groups excluding carboxylic acids is 1. The number of hydrogen-bond acceptors (Lipinski definition) is 4. The van der Waals surface area contributed by atoms with E-state index in [1.165, 1.54) is 0 Å². The van der Waals surface area contributed by atoms with Gasteiger partial charge in [0.2, 0.25) is 5.52 Å². The summed E-state index contributed by atoms with van der Waals surface area (Å²) in [7, 11) is -1.85. The molecule has 0 spiro atoms. The van der Waals surface area contributed by atoms with E-state index >= 15 is 0 Å². The van der Waals surface area contributed by atoms with Gasteiger partial charge < -0.3 is 9.26 Å². The maximum Gasteiger partial charge on any atom is 0.274 e. The molecule has 5 heteroatoms. The summed E-state index contributed by atoms with van der Waals surface area (Å²) in [5, 5.41) is 0. The monoisotopic (exact) mass is 352 g/mol. The van der Waals surface area contributed by atoms with Gasteiger partial charge >= 0.3 is 0 Å². The molecule has 0 bridgehead atoms. The summed E-state index contributed by atoms with van der Waals surface area (Å²) in [4.78, 5) is 13.3. The maximum absolute atomic E-state index is 13.7. The van der Waals surface area contributed by atoms with Crippen molar-refractivity contribution < 1.29 is 18.6 Å². The van der Waals surface area contributed by atoms with Gasteiger partial charge in [-0.05, 0) is 44.7 Å². The number of benzene rings is 1. The van der Waals surface area contributed by atoms with Crippen molar-refractivity contribution in [1.82, 2.24) is 0 Å². The molecule has 134 valence electrons. The van der Waals surface area contributed by atoms with E-state index in [9.17, 15) is 9.36 Å². The van der Waals surface area contributed by atoms with Crippen LogP contribution in [0.3, 0.4) is 0 Å². The average molecular weight is 352 g/mol. The Balaban J connectivity index is 2.39. The van der Waals surface area contributed by atoms with Gasteiger partial charge in [-0.25, -0.2) is 0 Å². The van der Waals surface area contributed by atoms with Gasteiger partial charge in [-0.2, -0.15) is 0 Å². The fraction of sp³-hybridized carbons (Fsp3) is 0.632. The topological polar surface area (TPSA) is 52.6 Å². The summed E-state index contributed by atoms with van der Waals surface area (Å²) < 4.78 is 24.5. The van der Waals surface area contributed by atoms with Gasteiger partial charge in [0.15, 0.2) is 0 Å². The third kappa shape index (κ3) is 4.17. The number of hydrogen-bond donors (Lipinski definition) is 0. The van der Waals surface area contributed by atoms with Crippen LogP contribution in [0.2, 0.25) is 0 Å². The predicted octanol–water partition coefficient (Wildman–Crippen LogP) is 5.03. The summed E-state index contributed by atoms with van der Waals surface area (Å²) in [5.74, 6) is 0. The minimum atomic E-state index is -3.43. The molecule has 1 fully saturated rings. The normalized spacial score (nSPS) is 18.3. The first-order valence-corrected chi connectivity index (χ1v) is 10.5. The second-order valence-electron chi connectivity index (χ2n) is 6.79. The van der Waals surface area contributed by atoms with E-state index in [-0.39, 0.29) is 17.8 Å². The van der Waals surface area contributed by atoms with Crippen LogP contribution in [0.5, 0.6) is 0 Å². The summed E-state index contributed by atoms with van der Waals surface area (Å²) >= 11 is 0. The van der Waals surface area contributed by atoms with Crippen LogP contribution in [0.4, 0.5) is 0 Å². The third-order valence-electron chi connectivity index (χ3n) is 4.80. The quantitative estimate of drug-likeness (QED) is 0.510. The Bertz CT molecular complexity index is 609. The number of rotatable bonds is 7. The highest BCUT2D eigenvalue weighted by atomic mass is 31.2. The van der Waals surface area contributed by atoms with Crippen LogP contribution in [0, 0.1) is 20.8 Å². The Kier molecular flexibility index (Phi) is 6.79. The minimum Gasteiger partial charge on any atom is -0.382 e. The van der Waals surface area contributed by atoms with Crippen molar-refractivity contribution in [2.75, 3.05) is 20.3 Å². The molecular weight excluding hydrogens is 323 g/mol. The molecular formula is C19H29O4P. The lowest BCUT2D eigenvalue weighted by atomic mass is 10.0. The van der Waals surface area contributed by atoms with E-state index in [0.29, 0.717) is 12.2 Å². The molecule has 1 aliphatic carbocycles. The van der Waals surface area contributed by atoms with Crippen LogP contribution >= 0.6 is 7.37 Å². The lowest BCUT2D eigenvalue weighted by molar-refractivity contribution is 0.102. The van der Waals surface area contributed by atoms with Crippen LogP contribution in [-0.2, 0) is 13.8 Å². The zero-order valence-corrected chi connectivity index (χ0v) is 16.2. The second kappa shape index (κ2) is 8.42. The van der Waals surface area contributed by atoms with Crippen LogP contribution in [0.25, 0.3) is 0 Å². The molecule has 0 aliphatic heterocycles. The molecule has 1 aromatic rings. The fourth-order valence-corrected chi connectivity index (χ4v) is 6.40. The molecule has 2 rings (SSSR count). The van der Waals surface area contributed by atoms with E-state index < -0.39 is 7.37 Å². The highest BCUT2D eigenvalue weighted by molar-refractivity contribution is 7.77. The first-order chi connectivity index (χ1) is 11.4. The highest BCUT2D eigenvalue weighted by Crippen LogP contribution is 2.59. The number of methoxy groups -OCH3 is 1. The smallest absolute Gasteiger partial charge is 0.274 e. The van der Waals surface area contributed by atoms with E-state index in [1.807, 2.05) is 32.9 Å². The molecule has 0 radical (unpaired) electrons. The molecule has 1 unspecified atom stereocenters. The lowest BCUT2D eigenvalue weighted by Gasteiger charge is -2.30. The second-order valence-corrected chi connectivity index (χ2v) is 9.38. The van der Waals surface area contributed by atoms with E-state index in [4.69, 9.17) is 9.26 Å². The van der Waals surface area contributed by atoms with Crippen molar-refractivity contribution in [3.05, 3.63) is 34.4 Å². The summed E-state index contributed by atoms with van der Waals surface area (Å²) in [6.07, 6.45) is 4.79. The number of aryl methyl sites for hydroxylation is 3. The van der Waals surface area contributed by atoms with Crippen molar-refractivity contribution in [2.24, 2.45) is 0 Å². The van der Waals surface area contributed by atoms with Crippen LogP contribution < -0.4 is 0 Å². The van der Waals surface area contributed by atoms with Gasteiger partial charge in [0.05, 0.1) is 13.2 Å². The Morgan fingerprint density at radius 2 is 1.67 bits per heavy atom. The number of carbonyl (C=O) groups is 1. The highest BCUT2D eigenvalue weighted by Gasteiger charge is 2.43. The summed E-state index contributed by atoms with van der Waals surface area (Å²) in [5.41, 5.74) is 2.98. The van der Waals surface area contributed by atoms with Crippen molar-refractivity contribution in [1.29, 1.82) is 0 Å². The third-order valence-corrected chi connectivity index (χ3v) is 7.63. The average Bonchev–Trinajstić information content (AvgIpc) is 2.54. The largest absolute Gasteiger partial charge is 0.382 e. The SMILES string of the molecule is COCCOP(=O)(C(=O)c1c(C)cc(C)cc1C)C1CCCCC1. The molecule has 24 heavy (non-hydrogen) atoms. The molecule has 4 nitrogen and oxygen atoms in total. The van der Waals surface area contributed by atoms with Crippen molar-refractivity contribution in [2.45, 2.75) is 58.5 Å². The zero-order valence-electron chi connectivity index (χ0n) is 15.3. The molecule has 1 aromatic carbocycles. The van der Waals surface area contributed by atoms with Gasteiger partial charge in [0, 0.05) is 18.3 Å². The Hall–Kier alpha value is -0.960. The molecule has 0 saturated heterocycles.